The van der Waals surface area contributed by atoms with Crippen LogP contribution in [-0.2, 0) is 6.54 Å². The van der Waals surface area contributed by atoms with Gasteiger partial charge in [0.05, 0.1) is 35.9 Å². The zero-order chi connectivity index (χ0) is 14.7. The van der Waals surface area contributed by atoms with Crippen LogP contribution >= 0.6 is 0 Å². The second kappa shape index (κ2) is 5.66. The van der Waals surface area contributed by atoms with E-state index in [1.807, 2.05) is 43.3 Å². The number of aromatic nitrogens is 2. The first-order chi connectivity index (χ1) is 10.3. The van der Waals surface area contributed by atoms with Gasteiger partial charge in [-0.1, -0.05) is 18.2 Å². The van der Waals surface area contributed by atoms with Gasteiger partial charge in [0.25, 0.3) is 5.91 Å². The summed E-state index contributed by atoms with van der Waals surface area (Å²) in [5, 5.41) is 7.11. The van der Waals surface area contributed by atoms with Crippen LogP contribution in [0.2, 0.25) is 0 Å². The lowest BCUT2D eigenvalue weighted by atomic mass is 10.2. The number of amides is 1. The molecule has 5 heteroatoms. The summed E-state index contributed by atoms with van der Waals surface area (Å²) in [7, 11) is 0. The Bertz CT molecular complexity index is 730. The molecule has 0 aliphatic carbocycles. The quantitative estimate of drug-likeness (QED) is 0.800. The molecule has 2 heterocycles. The van der Waals surface area contributed by atoms with Crippen molar-refractivity contribution in [3.63, 3.8) is 0 Å². The van der Waals surface area contributed by atoms with Crippen molar-refractivity contribution in [3.05, 3.63) is 71.9 Å². The Kier molecular flexibility index (Phi) is 3.55. The van der Waals surface area contributed by atoms with Gasteiger partial charge in [0.2, 0.25) is 0 Å². The Balaban J connectivity index is 1.77. The lowest BCUT2D eigenvalue weighted by Gasteiger charge is -2.05. The number of benzene rings is 1. The first-order valence-electron chi connectivity index (χ1n) is 6.66. The molecule has 0 fully saturated rings. The zero-order valence-electron chi connectivity index (χ0n) is 11.6. The lowest BCUT2D eigenvalue weighted by Crippen LogP contribution is -2.23. The van der Waals surface area contributed by atoms with Crippen LogP contribution in [0.15, 0.2) is 59.3 Å². The third kappa shape index (κ3) is 2.72. The fraction of sp³-hybridized carbons (Fsp3) is 0.125. The molecule has 0 saturated heterocycles. The second-order valence-electron chi connectivity index (χ2n) is 4.65. The molecule has 0 bridgehead atoms. The normalized spacial score (nSPS) is 10.5. The van der Waals surface area contributed by atoms with E-state index in [0.717, 1.165) is 17.1 Å². The van der Waals surface area contributed by atoms with Crippen LogP contribution in [-0.4, -0.2) is 15.7 Å². The van der Waals surface area contributed by atoms with Gasteiger partial charge in [0, 0.05) is 0 Å². The molecule has 0 saturated carbocycles. The fourth-order valence-electron chi connectivity index (χ4n) is 2.14. The maximum atomic E-state index is 12.2. The Labute approximate surface area is 122 Å². The monoisotopic (exact) mass is 281 g/mol. The summed E-state index contributed by atoms with van der Waals surface area (Å²) in [4.78, 5) is 12.2. The van der Waals surface area contributed by atoms with Crippen molar-refractivity contribution in [2.45, 2.75) is 13.5 Å². The van der Waals surface area contributed by atoms with Gasteiger partial charge in [-0.15, -0.1) is 0 Å². The van der Waals surface area contributed by atoms with Crippen LogP contribution < -0.4 is 5.32 Å². The van der Waals surface area contributed by atoms with Crippen molar-refractivity contribution < 1.29 is 9.21 Å². The van der Waals surface area contributed by atoms with Crippen molar-refractivity contribution in [1.82, 2.24) is 15.1 Å². The number of nitrogens with zero attached hydrogens (tertiary/aromatic N) is 2. The largest absolute Gasteiger partial charge is 0.467 e. The number of para-hydroxylation sites is 1. The molecule has 1 amide bonds. The molecule has 21 heavy (non-hydrogen) atoms. The van der Waals surface area contributed by atoms with E-state index in [9.17, 15) is 4.79 Å². The Morgan fingerprint density at radius 2 is 2.05 bits per heavy atom. The summed E-state index contributed by atoms with van der Waals surface area (Å²) in [6.07, 6.45) is 3.17. The molecule has 2 aromatic heterocycles. The van der Waals surface area contributed by atoms with Gasteiger partial charge >= 0.3 is 0 Å². The minimum Gasteiger partial charge on any atom is -0.467 e. The number of hydrogen-bond acceptors (Lipinski definition) is 3. The van der Waals surface area contributed by atoms with Gasteiger partial charge < -0.3 is 9.73 Å². The third-order valence-corrected chi connectivity index (χ3v) is 3.26. The molecule has 0 radical (unpaired) electrons. The highest BCUT2D eigenvalue weighted by Crippen LogP contribution is 2.14. The molecule has 106 valence electrons. The van der Waals surface area contributed by atoms with E-state index >= 15 is 0 Å². The van der Waals surface area contributed by atoms with E-state index in [1.54, 1.807) is 23.2 Å². The Hall–Kier alpha value is -2.82. The second-order valence-corrected chi connectivity index (χ2v) is 4.65. The van der Waals surface area contributed by atoms with Crippen LogP contribution in [0.4, 0.5) is 0 Å². The zero-order valence-corrected chi connectivity index (χ0v) is 11.6. The Morgan fingerprint density at radius 1 is 1.24 bits per heavy atom. The van der Waals surface area contributed by atoms with Gasteiger partial charge in [-0.25, -0.2) is 4.68 Å². The molecule has 3 aromatic rings. The van der Waals surface area contributed by atoms with Crippen molar-refractivity contribution in [2.24, 2.45) is 0 Å². The molecular weight excluding hydrogens is 266 g/mol. The molecule has 1 N–H and O–H groups in total. The van der Waals surface area contributed by atoms with Gasteiger partial charge in [-0.05, 0) is 31.2 Å². The highest BCUT2D eigenvalue weighted by Gasteiger charge is 2.15. The highest BCUT2D eigenvalue weighted by atomic mass is 16.3. The van der Waals surface area contributed by atoms with E-state index in [4.69, 9.17) is 4.42 Å². The molecule has 0 unspecified atom stereocenters. The molecule has 0 aliphatic rings. The minimum absolute atomic E-state index is 0.161. The van der Waals surface area contributed by atoms with Gasteiger partial charge in [0.15, 0.2) is 0 Å². The van der Waals surface area contributed by atoms with Crippen LogP contribution in [0, 0.1) is 6.92 Å². The van der Waals surface area contributed by atoms with E-state index in [1.165, 1.54) is 0 Å². The third-order valence-electron chi connectivity index (χ3n) is 3.26. The summed E-state index contributed by atoms with van der Waals surface area (Å²) < 4.78 is 6.94. The molecular formula is C16H15N3O2. The molecule has 5 nitrogen and oxygen atoms in total. The first-order valence-corrected chi connectivity index (χ1v) is 6.66. The smallest absolute Gasteiger partial charge is 0.255 e. The van der Waals surface area contributed by atoms with Gasteiger partial charge in [0.1, 0.15) is 5.76 Å². The number of rotatable bonds is 4. The SMILES string of the molecule is Cc1c(C(=O)NCc2ccco2)cnn1-c1ccccc1. The predicted octanol–water partition coefficient (Wildman–Crippen LogP) is 2.70. The van der Waals surface area contributed by atoms with Crippen molar-refractivity contribution in [1.29, 1.82) is 0 Å². The predicted molar refractivity (Wildman–Crippen MR) is 78.2 cm³/mol. The van der Waals surface area contributed by atoms with Gasteiger partial charge in [-0.3, -0.25) is 4.79 Å². The van der Waals surface area contributed by atoms with Crippen LogP contribution in [0.25, 0.3) is 5.69 Å². The first kappa shape index (κ1) is 13.2. The summed E-state index contributed by atoms with van der Waals surface area (Å²) in [5.41, 5.74) is 2.30. The number of carbonyl (C=O) groups is 1. The molecule has 0 atom stereocenters. The minimum atomic E-state index is -0.161. The topological polar surface area (TPSA) is 60.1 Å². The van der Waals surface area contributed by atoms with Crippen LogP contribution in [0.5, 0.6) is 0 Å². The number of furan rings is 1. The van der Waals surface area contributed by atoms with Crippen molar-refractivity contribution >= 4 is 5.91 Å². The van der Waals surface area contributed by atoms with E-state index in [-0.39, 0.29) is 5.91 Å². The Morgan fingerprint density at radius 3 is 2.76 bits per heavy atom. The number of carbonyl (C=O) groups excluding carboxylic acids is 1. The van der Waals surface area contributed by atoms with E-state index < -0.39 is 0 Å². The lowest BCUT2D eigenvalue weighted by molar-refractivity contribution is 0.0947. The fourth-order valence-corrected chi connectivity index (χ4v) is 2.14. The molecule has 1 aromatic carbocycles. The van der Waals surface area contributed by atoms with Crippen molar-refractivity contribution in [2.75, 3.05) is 0 Å². The maximum absolute atomic E-state index is 12.2. The maximum Gasteiger partial charge on any atom is 0.255 e. The summed E-state index contributed by atoms with van der Waals surface area (Å²) in [5.74, 6) is 0.558. The average Bonchev–Trinajstić information content (AvgIpc) is 3.15. The number of nitrogens with one attached hydrogen (secondary N) is 1. The highest BCUT2D eigenvalue weighted by molar-refractivity contribution is 5.95. The summed E-state index contributed by atoms with van der Waals surface area (Å²) in [6.45, 7) is 2.24. The number of hydrogen-bond donors (Lipinski definition) is 1. The van der Waals surface area contributed by atoms with Crippen LogP contribution in [0.1, 0.15) is 21.8 Å². The van der Waals surface area contributed by atoms with Crippen LogP contribution in [0.3, 0.4) is 0 Å². The van der Waals surface area contributed by atoms with E-state index in [2.05, 4.69) is 10.4 Å². The molecule has 0 aliphatic heterocycles. The summed E-state index contributed by atoms with van der Waals surface area (Å²) >= 11 is 0. The van der Waals surface area contributed by atoms with Gasteiger partial charge in [-0.2, -0.15) is 5.10 Å². The molecule has 0 spiro atoms. The van der Waals surface area contributed by atoms with Crippen molar-refractivity contribution in [3.8, 4) is 5.69 Å². The molecule has 3 rings (SSSR count). The standard InChI is InChI=1S/C16H15N3O2/c1-12-15(16(20)17-10-14-8-5-9-21-14)11-18-19(12)13-6-3-2-4-7-13/h2-9,11H,10H2,1H3,(H,17,20). The average molecular weight is 281 g/mol. The summed E-state index contributed by atoms with van der Waals surface area (Å²) in [6, 6.07) is 13.3. The van der Waals surface area contributed by atoms with E-state index in [0.29, 0.717) is 12.1 Å².